The van der Waals surface area contributed by atoms with Crippen LogP contribution in [-0.2, 0) is 39.2 Å². The molecule has 2 unspecified atom stereocenters. The number of nitrogen functional groups attached to an aromatic ring is 1. The zero-order chi connectivity index (χ0) is 31.7. The van der Waals surface area contributed by atoms with Crippen LogP contribution in [0.4, 0.5) is 10.2 Å². The number of halogens is 1. The molecule has 1 amide bonds. The Balaban J connectivity index is 1.14. The average molecular weight is 702 g/mol. The number of alkyl halides is 1. The number of amides is 1. The van der Waals surface area contributed by atoms with Gasteiger partial charge in [-0.2, -0.15) is 0 Å². The molecule has 0 bridgehead atoms. The van der Waals surface area contributed by atoms with Crippen LogP contribution in [0, 0.1) is 11.8 Å². The molecule has 0 radical (unpaired) electrons. The van der Waals surface area contributed by atoms with Gasteiger partial charge in [0, 0.05) is 5.92 Å². The van der Waals surface area contributed by atoms with Crippen molar-refractivity contribution in [2.45, 2.75) is 37.1 Å². The highest BCUT2D eigenvalue weighted by Gasteiger charge is 2.52. The van der Waals surface area contributed by atoms with E-state index in [4.69, 9.17) is 46.1 Å². The number of aromatic nitrogens is 7. The van der Waals surface area contributed by atoms with Crippen molar-refractivity contribution >= 4 is 71.5 Å². The molecule has 3 fully saturated rings. The minimum atomic E-state index is -4.05. The largest absolute Gasteiger partial charge is 0.386 e. The first-order valence-electron chi connectivity index (χ1n) is 13.6. The van der Waals surface area contributed by atoms with Crippen molar-refractivity contribution in [2.24, 2.45) is 17.6 Å². The molecule has 240 valence electrons. The van der Waals surface area contributed by atoms with Crippen molar-refractivity contribution in [3.63, 3.8) is 0 Å². The molecule has 7 rings (SSSR count). The molecule has 45 heavy (non-hydrogen) atoms. The number of thiol groups is 1. The van der Waals surface area contributed by atoms with E-state index in [9.17, 15) is 14.3 Å². The fourth-order valence-corrected chi connectivity index (χ4v) is 8.55. The zero-order valence-electron chi connectivity index (χ0n) is 23.0. The van der Waals surface area contributed by atoms with Crippen LogP contribution < -0.4 is 11.5 Å². The van der Waals surface area contributed by atoms with Crippen molar-refractivity contribution in [2.75, 3.05) is 25.6 Å². The van der Waals surface area contributed by atoms with Crippen LogP contribution in [0.2, 0.25) is 0 Å². The van der Waals surface area contributed by atoms with Gasteiger partial charge >= 0.3 is 13.5 Å². The highest BCUT2D eigenvalue weighted by atomic mass is 32.7. The molecule has 1 aromatic carbocycles. The van der Waals surface area contributed by atoms with E-state index in [0.29, 0.717) is 17.5 Å². The molecule has 2 saturated heterocycles. The van der Waals surface area contributed by atoms with Crippen LogP contribution >= 0.6 is 25.8 Å². The first kappa shape index (κ1) is 31.0. The molecule has 5 heterocycles. The predicted octanol–water partition coefficient (Wildman–Crippen LogP) is 2.07. The van der Waals surface area contributed by atoms with Crippen LogP contribution in [0.15, 0.2) is 30.9 Å². The second-order valence-corrected chi connectivity index (χ2v) is 16.5. The lowest BCUT2D eigenvalue weighted by molar-refractivity contribution is -0.0413. The number of hydrogen-bond acceptors (Lipinski definition) is 14. The summed E-state index contributed by atoms with van der Waals surface area (Å²) in [6.45, 7) is -8.77. The summed E-state index contributed by atoms with van der Waals surface area (Å²) < 4.78 is 60.7. The topological polar surface area (TPSA) is 227 Å². The number of rotatable bonds is 3. The van der Waals surface area contributed by atoms with Gasteiger partial charge in [-0.1, -0.05) is 23.5 Å². The molecule has 3 aliphatic rings. The van der Waals surface area contributed by atoms with Gasteiger partial charge in [0.2, 0.25) is 0 Å². The van der Waals surface area contributed by atoms with E-state index >= 15 is 4.39 Å². The normalized spacial score (nSPS) is 35.9. The summed E-state index contributed by atoms with van der Waals surface area (Å²) in [4.78, 5) is 35.0. The van der Waals surface area contributed by atoms with Gasteiger partial charge in [0.15, 0.2) is 23.9 Å². The quantitative estimate of drug-likeness (QED) is 0.177. The monoisotopic (exact) mass is 701 g/mol. The molecule has 4 aromatic rings. The molecule has 0 spiro atoms. The molecule has 1 aliphatic carbocycles. The van der Waals surface area contributed by atoms with E-state index in [0.717, 1.165) is 0 Å². The number of anilines is 1. The number of imidazole rings is 1. The molecule has 22 heteroatoms. The van der Waals surface area contributed by atoms with E-state index < -0.39 is 50.6 Å². The first-order valence-corrected chi connectivity index (χ1v) is 18.8. The van der Waals surface area contributed by atoms with Gasteiger partial charge in [-0.05, 0) is 36.3 Å². The Morgan fingerprint density at radius 1 is 1.16 bits per heavy atom. The van der Waals surface area contributed by atoms with Crippen LogP contribution in [0.1, 0.15) is 29.0 Å². The Hall–Kier alpha value is -2.64. The molecule has 1 saturated carbocycles. The standard InChI is InChI=1S/C23H26FN9O8P2S2/c24-16-19-15(40-23(16)32-9-29-18-20(25)27-8-28-22(18)32)7-39-42(35,44)38-6-12-10(5-37-43(36,45)41-19)4-14(12)33-13-3-1-2-11(21(26)34)17(13)30-31-33/h1-3,8-10,12,14-16,19,23H,4-7H2,(H2,26,34)(H,35,44)(H,36,45)(H2,25,27,28)/t10-,12-,14-,15-,16-,19-,23-,42?,43?/m1/s1. The number of primary amides is 1. The Bertz CT molecular complexity index is 1900. The number of carbonyl (C=O) groups excluding carboxylic acids is 1. The van der Waals surface area contributed by atoms with Crippen molar-refractivity contribution in [3.8, 4) is 0 Å². The molecular weight excluding hydrogens is 675 g/mol. The van der Waals surface area contributed by atoms with Gasteiger partial charge in [0.25, 0.3) is 5.91 Å². The summed E-state index contributed by atoms with van der Waals surface area (Å²) >= 11 is 9.39. The average Bonchev–Trinajstić information content (AvgIpc) is 3.67. The lowest BCUT2D eigenvalue weighted by Gasteiger charge is -2.44. The van der Waals surface area contributed by atoms with E-state index in [1.807, 2.05) is 0 Å². The Morgan fingerprint density at radius 3 is 2.76 bits per heavy atom. The first-order chi connectivity index (χ1) is 21.4. The molecule has 2 aliphatic heterocycles. The van der Waals surface area contributed by atoms with E-state index in [1.165, 1.54) is 17.2 Å². The fourth-order valence-electron chi connectivity index (χ4n) is 5.90. The van der Waals surface area contributed by atoms with Crippen molar-refractivity contribution in [3.05, 3.63) is 36.4 Å². The summed E-state index contributed by atoms with van der Waals surface area (Å²) in [5, 5.41) is 8.37. The third-order valence-corrected chi connectivity index (χ3v) is 11.4. The summed E-state index contributed by atoms with van der Waals surface area (Å²) in [5.41, 5.74) is 12.9. The van der Waals surface area contributed by atoms with Crippen LogP contribution in [0.5, 0.6) is 0 Å². The Labute approximate surface area is 263 Å². The maximum absolute atomic E-state index is 16.0. The van der Waals surface area contributed by atoms with Crippen molar-refractivity contribution in [1.82, 2.24) is 34.5 Å². The van der Waals surface area contributed by atoms with E-state index in [-0.39, 0.29) is 53.6 Å². The molecule has 17 nitrogen and oxygen atoms in total. The summed E-state index contributed by atoms with van der Waals surface area (Å²) in [6, 6.07) is 4.63. The van der Waals surface area contributed by atoms with Crippen LogP contribution in [0.25, 0.3) is 22.2 Å². The molecule has 5 N–H and O–H groups in total. The van der Waals surface area contributed by atoms with E-state index in [2.05, 4.69) is 37.5 Å². The maximum Gasteiger partial charge on any atom is 0.386 e. The van der Waals surface area contributed by atoms with Gasteiger partial charge in [0.1, 0.15) is 29.6 Å². The maximum atomic E-state index is 16.0. The van der Waals surface area contributed by atoms with Gasteiger partial charge in [-0.15, -0.1) is 5.10 Å². The minimum Gasteiger partial charge on any atom is -0.382 e. The second kappa shape index (κ2) is 11.6. The smallest absolute Gasteiger partial charge is 0.382 e. The number of benzene rings is 1. The van der Waals surface area contributed by atoms with Gasteiger partial charge < -0.3 is 30.1 Å². The Morgan fingerprint density at radius 2 is 1.96 bits per heavy atom. The lowest BCUT2D eigenvalue weighted by atomic mass is 9.70. The minimum absolute atomic E-state index is 0.0871. The third-order valence-electron chi connectivity index (χ3n) is 8.19. The van der Waals surface area contributed by atoms with Gasteiger partial charge in [-0.25, -0.2) is 28.6 Å². The summed E-state index contributed by atoms with van der Waals surface area (Å²) in [6.07, 6.45) is -3.07. The lowest BCUT2D eigenvalue weighted by Crippen LogP contribution is -2.43. The second-order valence-electron chi connectivity index (χ2n) is 10.8. The summed E-state index contributed by atoms with van der Waals surface area (Å²) in [7, 11) is 0. The number of carbonyl (C=O) groups is 1. The zero-order valence-corrected chi connectivity index (χ0v) is 26.5. The number of fused-ring (bicyclic) bond motifs is 4. The summed E-state index contributed by atoms with van der Waals surface area (Å²) in [5.74, 6) is -1.23. The van der Waals surface area contributed by atoms with Crippen molar-refractivity contribution < 1.29 is 41.5 Å². The van der Waals surface area contributed by atoms with Gasteiger partial charge in [-0.3, -0.25) is 18.4 Å². The highest BCUT2D eigenvalue weighted by Crippen LogP contribution is 2.58. The van der Waals surface area contributed by atoms with Crippen LogP contribution in [0.3, 0.4) is 0 Å². The number of nitrogens with zero attached hydrogens (tertiary/aromatic N) is 7. The van der Waals surface area contributed by atoms with Crippen molar-refractivity contribution in [1.29, 1.82) is 0 Å². The number of hydrogen-bond donors (Lipinski definition) is 4. The molecular formula is C23H26FN9O8P2S2. The third kappa shape index (κ3) is 5.66. The SMILES string of the molecule is NC(=O)c1cccc2c1nnn2[C@@H]1C[C@@H]2COP(O)(=S)O[C@H]3[C@@H](F)[C@H](n4cnc5c(N)ncnc54)O[C@@H]3COP(=O)(S)OC[C@H]21. The van der Waals surface area contributed by atoms with Gasteiger partial charge in [0.05, 0.1) is 43.3 Å². The van der Waals surface area contributed by atoms with Crippen LogP contribution in [-0.4, -0.2) is 83.5 Å². The Kier molecular flexibility index (Phi) is 7.96. The van der Waals surface area contributed by atoms with E-state index in [1.54, 1.807) is 22.9 Å². The number of nitrogens with two attached hydrogens (primary N) is 2. The highest BCUT2D eigenvalue weighted by molar-refractivity contribution is 8.44. The molecule has 9 atom stereocenters. The predicted molar refractivity (Wildman–Crippen MR) is 161 cm³/mol. The number of ether oxygens (including phenoxy) is 1. The molecule has 3 aromatic heterocycles. The fraction of sp³-hybridized carbons (Fsp3) is 0.478.